The van der Waals surface area contributed by atoms with E-state index in [4.69, 9.17) is 4.74 Å². The lowest BCUT2D eigenvalue weighted by Gasteiger charge is -2.43. The summed E-state index contributed by atoms with van der Waals surface area (Å²) in [6.45, 7) is 5.18. The normalized spacial score (nSPS) is 28.4. The standard InChI is InChI=1S/C19H26N2O4/c1-14-2-4-15(5-3-14)6-7-18(23)21-10-8-20(9-11-21)16-12-25-13-17(22)19(16)24/h2-7,16-17,19,22,24H,8-13H2,1H3/t16-,17-,19+/m1/s1. The van der Waals surface area contributed by atoms with Crippen LogP contribution >= 0.6 is 0 Å². The summed E-state index contributed by atoms with van der Waals surface area (Å²) in [5.74, 6) is 0.000650. The van der Waals surface area contributed by atoms with E-state index in [1.165, 1.54) is 5.56 Å². The van der Waals surface area contributed by atoms with E-state index >= 15 is 0 Å². The van der Waals surface area contributed by atoms with Crippen molar-refractivity contribution in [2.24, 2.45) is 0 Å². The molecular weight excluding hydrogens is 320 g/mol. The first-order valence-electron chi connectivity index (χ1n) is 8.76. The summed E-state index contributed by atoms with van der Waals surface area (Å²) in [7, 11) is 0. The molecule has 6 heteroatoms. The van der Waals surface area contributed by atoms with Crippen LogP contribution in [0.15, 0.2) is 30.3 Å². The Balaban J connectivity index is 1.51. The zero-order valence-electron chi connectivity index (χ0n) is 14.5. The Morgan fingerprint density at radius 3 is 2.48 bits per heavy atom. The van der Waals surface area contributed by atoms with E-state index in [1.54, 1.807) is 6.08 Å². The van der Waals surface area contributed by atoms with Gasteiger partial charge in [-0.25, -0.2) is 0 Å². The first-order valence-corrected chi connectivity index (χ1v) is 8.76. The molecule has 2 aliphatic rings. The molecular formula is C19H26N2O4. The number of piperazine rings is 1. The Kier molecular flexibility index (Phi) is 5.86. The second-order valence-corrected chi connectivity index (χ2v) is 6.77. The third kappa shape index (κ3) is 4.46. The predicted molar refractivity (Wildman–Crippen MR) is 95.0 cm³/mol. The average Bonchev–Trinajstić information content (AvgIpc) is 2.63. The van der Waals surface area contributed by atoms with E-state index in [9.17, 15) is 15.0 Å². The number of hydrogen-bond donors (Lipinski definition) is 2. The Morgan fingerprint density at radius 1 is 1.12 bits per heavy atom. The molecule has 0 radical (unpaired) electrons. The summed E-state index contributed by atoms with van der Waals surface area (Å²) in [5, 5.41) is 19.9. The van der Waals surface area contributed by atoms with Gasteiger partial charge < -0.3 is 19.8 Å². The van der Waals surface area contributed by atoms with Gasteiger partial charge in [-0.15, -0.1) is 0 Å². The third-order valence-corrected chi connectivity index (χ3v) is 4.96. The molecule has 25 heavy (non-hydrogen) atoms. The van der Waals surface area contributed by atoms with Crippen molar-refractivity contribution in [1.82, 2.24) is 9.80 Å². The van der Waals surface area contributed by atoms with Crippen molar-refractivity contribution in [3.05, 3.63) is 41.5 Å². The molecule has 1 amide bonds. The van der Waals surface area contributed by atoms with Gasteiger partial charge in [0.15, 0.2) is 0 Å². The zero-order valence-corrected chi connectivity index (χ0v) is 14.5. The molecule has 0 bridgehead atoms. The number of rotatable bonds is 3. The minimum Gasteiger partial charge on any atom is -0.389 e. The van der Waals surface area contributed by atoms with Gasteiger partial charge in [0.05, 0.1) is 25.4 Å². The molecule has 1 aromatic rings. The van der Waals surface area contributed by atoms with Crippen LogP contribution in [-0.4, -0.2) is 83.6 Å². The Hall–Kier alpha value is -1.73. The Labute approximate surface area is 148 Å². The third-order valence-electron chi connectivity index (χ3n) is 4.96. The molecule has 0 spiro atoms. The first-order chi connectivity index (χ1) is 12.0. The number of aryl methyl sites for hydroxylation is 1. The van der Waals surface area contributed by atoms with Gasteiger partial charge in [0.1, 0.15) is 6.10 Å². The number of aliphatic hydroxyl groups is 2. The number of hydrogen-bond acceptors (Lipinski definition) is 5. The van der Waals surface area contributed by atoms with Gasteiger partial charge in [-0.05, 0) is 18.6 Å². The highest BCUT2D eigenvalue weighted by Gasteiger charge is 2.36. The van der Waals surface area contributed by atoms with Crippen LogP contribution < -0.4 is 0 Å². The quantitative estimate of drug-likeness (QED) is 0.769. The maximum Gasteiger partial charge on any atom is 0.246 e. The van der Waals surface area contributed by atoms with Gasteiger partial charge in [-0.1, -0.05) is 29.8 Å². The molecule has 2 aliphatic heterocycles. The van der Waals surface area contributed by atoms with Crippen molar-refractivity contribution in [1.29, 1.82) is 0 Å². The summed E-state index contributed by atoms with van der Waals surface area (Å²) >= 11 is 0. The molecule has 0 aromatic heterocycles. The molecule has 2 heterocycles. The number of amides is 1. The first kappa shape index (κ1) is 18.1. The van der Waals surface area contributed by atoms with Gasteiger partial charge in [0.25, 0.3) is 0 Å². The van der Waals surface area contributed by atoms with E-state index in [2.05, 4.69) is 4.90 Å². The van der Waals surface area contributed by atoms with E-state index in [0.717, 1.165) is 5.56 Å². The average molecular weight is 346 g/mol. The SMILES string of the molecule is Cc1ccc(C=CC(=O)N2CCN([C@@H]3COC[C@@H](O)[C@H]3O)CC2)cc1. The van der Waals surface area contributed by atoms with E-state index in [1.807, 2.05) is 42.2 Å². The predicted octanol–water partition coefficient (Wildman–Crippen LogP) is 0.273. The highest BCUT2D eigenvalue weighted by atomic mass is 16.5. The molecule has 0 saturated carbocycles. The maximum atomic E-state index is 12.3. The lowest BCUT2D eigenvalue weighted by molar-refractivity contribution is -0.142. The fourth-order valence-corrected chi connectivity index (χ4v) is 3.31. The van der Waals surface area contributed by atoms with Crippen LogP contribution in [0.3, 0.4) is 0 Å². The van der Waals surface area contributed by atoms with Crippen LogP contribution in [0.2, 0.25) is 0 Å². The number of carbonyl (C=O) groups excluding carboxylic acids is 1. The highest BCUT2D eigenvalue weighted by molar-refractivity contribution is 5.91. The minimum absolute atomic E-state index is 0.000650. The molecule has 0 aliphatic carbocycles. The Bertz CT molecular complexity index is 608. The smallest absolute Gasteiger partial charge is 0.246 e. The van der Waals surface area contributed by atoms with Crippen LogP contribution in [-0.2, 0) is 9.53 Å². The Morgan fingerprint density at radius 2 is 1.80 bits per heavy atom. The zero-order chi connectivity index (χ0) is 17.8. The molecule has 2 saturated heterocycles. The second-order valence-electron chi connectivity index (χ2n) is 6.77. The van der Waals surface area contributed by atoms with Crippen LogP contribution in [0, 0.1) is 6.92 Å². The maximum absolute atomic E-state index is 12.3. The van der Waals surface area contributed by atoms with Crippen molar-refractivity contribution < 1.29 is 19.7 Å². The van der Waals surface area contributed by atoms with E-state index in [-0.39, 0.29) is 18.6 Å². The summed E-state index contributed by atoms with van der Waals surface area (Å²) in [6.07, 6.45) is 1.82. The second kappa shape index (κ2) is 8.10. The lowest BCUT2D eigenvalue weighted by atomic mass is 10.0. The summed E-state index contributed by atoms with van der Waals surface area (Å²) in [6, 6.07) is 7.83. The summed E-state index contributed by atoms with van der Waals surface area (Å²) < 4.78 is 5.34. The lowest BCUT2D eigenvalue weighted by Crippen LogP contribution is -2.60. The monoisotopic (exact) mass is 346 g/mol. The van der Waals surface area contributed by atoms with Gasteiger partial charge in [0.2, 0.25) is 5.91 Å². The molecule has 3 atom stereocenters. The number of aliphatic hydroxyl groups excluding tert-OH is 2. The van der Waals surface area contributed by atoms with Crippen LogP contribution in [0.25, 0.3) is 6.08 Å². The summed E-state index contributed by atoms with van der Waals surface area (Å²) in [4.78, 5) is 16.3. The fraction of sp³-hybridized carbons (Fsp3) is 0.526. The largest absolute Gasteiger partial charge is 0.389 e. The van der Waals surface area contributed by atoms with Gasteiger partial charge >= 0.3 is 0 Å². The summed E-state index contributed by atoms with van der Waals surface area (Å²) in [5.41, 5.74) is 2.20. The molecule has 2 fully saturated rings. The molecule has 1 aromatic carbocycles. The van der Waals surface area contributed by atoms with Crippen molar-refractivity contribution in [3.8, 4) is 0 Å². The van der Waals surface area contributed by atoms with E-state index < -0.39 is 12.2 Å². The van der Waals surface area contributed by atoms with Crippen molar-refractivity contribution in [3.63, 3.8) is 0 Å². The van der Waals surface area contributed by atoms with Crippen molar-refractivity contribution in [2.75, 3.05) is 39.4 Å². The number of carbonyl (C=O) groups is 1. The van der Waals surface area contributed by atoms with Gasteiger partial charge in [-0.3, -0.25) is 9.69 Å². The molecule has 3 rings (SSSR count). The number of ether oxygens (including phenoxy) is 1. The van der Waals surface area contributed by atoms with Gasteiger partial charge in [-0.2, -0.15) is 0 Å². The van der Waals surface area contributed by atoms with Crippen LogP contribution in [0.1, 0.15) is 11.1 Å². The topological polar surface area (TPSA) is 73.2 Å². The van der Waals surface area contributed by atoms with Crippen molar-refractivity contribution >= 4 is 12.0 Å². The highest BCUT2D eigenvalue weighted by Crippen LogP contribution is 2.17. The molecule has 2 N–H and O–H groups in total. The van der Waals surface area contributed by atoms with Crippen molar-refractivity contribution in [2.45, 2.75) is 25.2 Å². The van der Waals surface area contributed by atoms with Gasteiger partial charge in [0, 0.05) is 32.3 Å². The fourth-order valence-electron chi connectivity index (χ4n) is 3.31. The number of benzene rings is 1. The van der Waals surface area contributed by atoms with E-state index in [0.29, 0.717) is 32.8 Å². The molecule has 136 valence electrons. The van der Waals surface area contributed by atoms with Crippen LogP contribution in [0.4, 0.5) is 0 Å². The molecule has 6 nitrogen and oxygen atoms in total. The minimum atomic E-state index is -0.837. The van der Waals surface area contributed by atoms with Crippen LogP contribution in [0.5, 0.6) is 0 Å². The molecule has 0 unspecified atom stereocenters. The number of nitrogens with zero attached hydrogens (tertiary/aromatic N) is 2.